The molecule has 2 aliphatic rings. The Balaban J connectivity index is 0.000000891. The van der Waals surface area contributed by atoms with Crippen molar-refractivity contribution in [3.63, 3.8) is 0 Å². The van der Waals surface area contributed by atoms with Crippen molar-refractivity contribution in [2.75, 3.05) is 27.4 Å². The summed E-state index contributed by atoms with van der Waals surface area (Å²) in [5.74, 6) is 0. The normalized spacial score (nSPS) is 42.6. The second-order valence-corrected chi connectivity index (χ2v) is 5.14. The van der Waals surface area contributed by atoms with Gasteiger partial charge in [0.2, 0.25) is 0 Å². The lowest BCUT2D eigenvalue weighted by Gasteiger charge is -2.42. The van der Waals surface area contributed by atoms with Gasteiger partial charge in [-0.25, -0.2) is 0 Å². The van der Waals surface area contributed by atoms with Crippen LogP contribution in [0.2, 0.25) is 0 Å². The number of carbonyl (C=O) groups excluding carboxylic acids is 2. The van der Waals surface area contributed by atoms with Crippen molar-refractivity contribution in [2.45, 2.75) is 49.2 Å². The first kappa shape index (κ1) is 21.1. The van der Waals surface area contributed by atoms with Crippen LogP contribution < -0.4 is 0 Å². The molecule has 0 spiro atoms. The monoisotopic (exact) mass is 354 g/mol. The van der Waals surface area contributed by atoms with Crippen LogP contribution in [0.1, 0.15) is 0 Å². The van der Waals surface area contributed by atoms with Crippen molar-refractivity contribution in [1.29, 1.82) is 0 Å². The van der Waals surface area contributed by atoms with Crippen molar-refractivity contribution in [1.82, 2.24) is 0 Å². The van der Waals surface area contributed by atoms with E-state index in [0.717, 1.165) is 0 Å². The van der Waals surface area contributed by atoms with Gasteiger partial charge in [0.25, 0.3) is 0 Å². The highest BCUT2D eigenvalue weighted by molar-refractivity contribution is 5.20. The molecular formula is C13H22O11. The molecule has 2 saturated heterocycles. The van der Waals surface area contributed by atoms with Gasteiger partial charge in [-0.2, -0.15) is 9.59 Å². The van der Waals surface area contributed by atoms with Crippen LogP contribution in [-0.4, -0.2) is 103 Å². The molecule has 2 fully saturated rings. The molecule has 2 unspecified atom stereocenters. The van der Waals surface area contributed by atoms with E-state index in [1.54, 1.807) is 0 Å². The maximum atomic E-state index is 10.0. The lowest BCUT2D eigenvalue weighted by Crippen LogP contribution is -2.60. The molecule has 140 valence electrons. The van der Waals surface area contributed by atoms with E-state index in [2.05, 4.69) is 0 Å². The standard InChI is InChI=1S/C12H22O9.CO2/c1-17-6-4-20-12(8(15)7(6)14)21-10-5(13)3-19-11(18-2)9(10)16;2-1-3/h5-16H,3-4H2,1-2H3;/t5-,6-,7+,8?,9?,10+,11-,12-;/m1./s1. The van der Waals surface area contributed by atoms with Crippen LogP contribution in [0.15, 0.2) is 0 Å². The summed E-state index contributed by atoms with van der Waals surface area (Å²) in [5, 5.41) is 39.7. The van der Waals surface area contributed by atoms with E-state index in [0.29, 0.717) is 0 Å². The highest BCUT2D eigenvalue weighted by atomic mass is 16.7. The molecule has 0 radical (unpaired) electrons. The van der Waals surface area contributed by atoms with Crippen LogP contribution >= 0.6 is 0 Å². The van der Waals surface area contributed by atoms with E-state index in [-0.39, 0.29) is 19.4 Å². The molecule has 8 atom stereocenters. The second kappa shape index (κ2) is 10.1. The second-order valence-electron chi connectivity index (χ2n) is 5.14. The van der Waals surface area contributed by atoms with Crippen LogP contribution in [0.25, 0.3) is 0 Å². The smallest absolute Gasteiger partial charge is 0.373 e. The topological polar surface area (TPSA) is 161 Å². The Kier molecular flexibility index (Phi) is 8.87. The molecule has 0 amide bonds. The van der Waals surface area contributed by atoms with Crippen molar-refractivity contribution >= 4 is 6.15 Å². The van der Waals surface area contributed by atoms with Gasteiger partial charge >= 0.3 is 6.15 Å². The minimum atomic E-state index is -1.37. The number of hydrogen-bond donors (Lipinski definition) is 4. The van der Waals surface area contributed by atoms with Gasteiger partial charge < -0.3 is 44.1 Å². The summed E-state index contributed by atoms with van der Waals surface area (Å²) in [7, 11) is 2.74. The molecule has 2 aliphatic heterocycles. The summed E-state index contributed by atoms with van der Waals surface area (Å²) in [6.07, 6.45) is -8.57. The Labute approximate surface area is 137 Å². The first-order valence-electron chi connectivity index (χ1n) is 7.07. The molecule has 0 aromatic rings. The summed E-state index contributed by atoms with van der Waals surface area (Å²) in [5.41, 5.74) is 0. The number of hydrogen-bond acceptors (Lipinski definition) is 11. The Morgan fingerprint density at radius 3 is 2.00 bits per heavy atom. The number of aliphatic hydroxyl groups excluding tert-OH is 4. The molecule has 4 N–H and O–H groups in total. The lowest BCUT2D eigenvalue weighted by atomic mass is 10.0. The highest BCUT2D eigenvalue weighted by Gasteiger charge is 2.45. The third-order valence-electron chi connectivity index (χ3n) is 3.69. The minimum absolute atomic E-state index is 0.0164. The fourth-order valence-corrected chi connectivity index (χ4v) is 2.40. The molecular weight excluding hydrogens is 332 g/mol. The first-order valence-corrected chi connectivity index (χ1v) is 7.07. The lowest BCUT2D eigenvalue weighted by molar-refractivity contribution is -0.332. The molecule has 0 aromatic carbocycles. The Morgan fingerprint density at radius 1 is 0.875 bits per heavy atom. The van der Waals surface area contributed by atoms with Crippen molar-refractivity contribution in [2.24, 2.45) is 0 Å². The molecule has 0 saturated carbocycles. The zero-order valence-corrected chi connectivity index (χ0v) is 13.2. The fourth-order valence-electron chi connectivity index (χ4n) is 2.40. The SMILES string of the molecule is CO[C@@H]1OC[C@@H](O)[C@H](O[C@H]2OC[C@@H](OC)[C@H](O)C2O)C1O.O=C=O. The zero-order valence-electron chi connectivity index (χ0n) is 13.2. The maximum absolute atomic E-state index is 10.0. The van der Waals surface area contributed by atoms with Gasteiger partial charge in [-0.3, -0.25) is 0 Å². The van der Waals surface area contributed by atoms with Gasteiger partial charge in [0, 0.05) is 14.2 Å². The summed E-state index contributed by atoms with van der Waals surface area (Å²) in [6, 6.07) is 0. The average Bonchev–Trinajstić information content (AvgIpc) is 2.56. The molecule has 0 aromatic heterocycles. The van der Waals surface area contributed by atoms with E-state index in [4.69, 9.17) is 33.3 Å². The zero-order chi connectivity index (χ0) is 18.3. The van der Waals surface area contributed by atoms with E-state index in [1.165, 1.54) is 14.2 Å². The maximum Gasteiger partial charge on any atom is 0.373 e. The Morgan fingerprint density at radius 2 is 1.46 bits per heavy atom. The largest absolute Gasteiger partial charge is 0.388 e. The van der Waals surface area contributed by atoms with Crippen molar-refractivity contribution < 1.29 is 53.7 Å². The van der Waals surface area contributed by atoms with Gasteiger partial charge in [0.1, 0.15) is 36.6 Å². The van der Waals surface area contributed by atoms with Crippen LogP contribution in [0.3, 0.4) is 0 Å². The predicted octanol–water partition coefficient (Wildman–Crippen LogP) is -3.39. The Bertz CT molecular complexity index is 399. The summed E-state index contributed by atoms with van der Waals surface area (Å²) in [4.78, 5) is 16.2. The molecule has 11 nitrogen and oxygen atoms in total. The summed E-state index contributed by atoms with van der Waals surface area (Å²) >= 11 is 0. The van der Waals surface area contributed by atoms with Gasteiger partial charge in [-0.05, 0) is 0 Å². The minimum Gasteiger partial charge on any atom is -0.388 e. The van der Waals surface area contributed by atoms with Gasteiger partial charge in [-0.1, -0.05) is 0 Å². The van der Waals surface area contributed by atoms with E-state index >= 15 is 0 Å². The summed E-state index contributed by atoms with van der Waals surface area (Å²) < 4.78 is 25.6. The van der Waals surface area contributed by atoms with E-state index in [1.807, 2.05) is 0 Å². The third-order valence-corrected chi connectivity index (χ3v) is 3.69. The third kappa shape index (κ3) is 5.01. The molecule has 24 heavy (non-hydrogen) atoms. The molecule has 11 heteroatoms. The molecule has 2 rings (SSSR count). The summed E-state index contributed by atoms with van der Waals surface area (Å²) in [6.45, 7) is -0.0746. The number of ether oxygens (including phenoxy) is 5. The van der Waals surface area contributed by atoms with Gasteiger partial charge in [0.15, 0.2) is 12.6 Å². The van der Waals surface area contributed by atoms with Crippen LogP contribution in [0.5, 0.6) is 0 Å². The predicted molar refractivity (Wildman–Crippen MR) is 71.2 cm³/mol. The average molecular weight is 354 g/mol. The quantitative estimate of drug-likeness (QED) is 0.398. The van der Waals surface area contributed by atoms with Gasteiger partial charge in [-0.15, -0.1) is 0 Å². The van der Waals surface area contributed by atoms with Gasteiger partial charge in [0.05, 0.1) is 13.2 Å². The van der Waals surface area contributed by atoms with E-state index < -0.39 is 49.2 Å². The molecule has 0 aliphatic carbocycles. The van der Waals surface area contributed by atoms with Crippen LogP contribution in [0.4, 0.5) is 0 Å². The fraction of sp³-hybridized carbons (Fsp3) is 0.923. The van der Waals surface area contributed by atoms with Crippen LogP contribution in [0, 0.1) is 0 Å². The van der Waals surface area contributed by atoms with E-state index in [9.17, 15) is 20.4 Å². The highest BCUT2D eigenvalue weighted by Crippen LogP contribution is 2.25. The number of methoxy groups -OCH3 is 2. The number of aliphatic hydroxyl groups is 4. The van der Waals surface area contributed by atoms with Crippen molar-refractivity contribution in [3.8, 4) is 0 Å². The Hall–Kier alpha value is -0.980. The molecule has 2 heterocycles. The van der Waals surface area contributed by atoms with Crippen LogP contribution in [-0.2, 0) is 33.3 Å². The first-order chi connectivity index (χ1) is 11.4. The van der Waals surface area contributed by atoms with Crippen molar-refractivity contribution in [3.05, 3.63) is 0 Å². The number of rotatable bonds is 4. The molecule has 0 bridgehead atoms.